The van der Waals surface area contributed by atoms with Gasteiger partial charge < -0.3 is 15.4 Å². The van der Waals surface area contributed by atoms with E-state index in [1.165, 1.54) is 0 Å². The van der Waals surface area contributed by atoms with Gasteiger partial charge in [-0.3, -0.25) is 4.79 Å². The van der Waals surface area contributed by atoms with Crippen LogP contribution in [0, 0.1) is 5.41 Å². The summed E-state index contributed by atoms with van der Waals surface area (Å²) in [5.74, 6) is 0.313. The topological polar surface area (TPSA) is 55.6 Å². The predicted octanol–water partition coefficient (Wildman–Crippen LogP) is 2.82. The molecule has 0 bridgehead atoms. The zero-order valence-corrected chi connectivity index (χ0v) is 13.5. The standard InChI is InChI=1S/C14H20Cl2N2O2/c1-14(2,8-17)9-18(3)13(19)7-20-12-5-4-10(15)6-11(12)16/h4-6H,7-9,17H2,1-3H3. The number of hydrogen-bond acceptors (Lipinski definition) is 3. The molecule has 0 saturated heterocycles. The zero-order valence-electron chi connectivity index (χ0n) is 12.0. The highest BCUT2D eigenvalue weighted by Crippen LogP contribution is 2.27. The van der Waals surface area contributed by atoms with Gasteiger partial charge in [0.25, 0.3) is 5.91 Å². The molecule has 1 aromatic rings. The fraction of sp³-hybridized carbons (Fsp3) is 0.500. The molecule has 4 nitrogen and oxygen atoms in total. The molecule has 112 valence electrons. The molecular weight excluding hydrogens is 299 g/mol. The first-order chi connectivity index (χ1) is 9.25. The van der Waals surface area contributed by atoms with Crippen molar-refractivity contribution >= 4 is 29.1 Å². The Morgan fingerprint density at radius 2 is 2.05 bits per heavy atom. The van der Waals surface area contributed by atoms with Gasteiger partial charge in [-0.2, -0.15) is 0 Å². The molecule has 1 rings (SSSR count). The van der Waals surface area contributed by atoms with Gasteiger partial charge in [-0.05, 0) is 30.2 Å². The van der Waals surface area contributed by atoms with E-state index in [0.29, 0.717) is 28.9 Å². The Morgan fingerprint density at radius 3 is 2.60 bits per heavy atom. The van der Waals surface area contributed by atoms with Gasteiger partial charge in [-0.25, -0.2) is 0 Å². The van der Waals surface area contributed by atoms with Crippen LogP contribution in [-0.4, -0.2) is 37.6 Å². The van der Waals surface area contributed by atoms with Crippen LogP contribution in [0.15, 0.2) is 18.2 Å². The summed E-state index contributed by atoms with van der Waals surface area (Å²) in [4.78, 5) is 13.6. The van der Waals surface area contributed by atoms with E-state index in [2.05, 4.69) is 0 Å². The number of ether oxygens (including phenoxy) is 1. The normalized spacial score (nSPS) is 11.3. The first kappa shape index (κ1) is 17.1. The van der Waals surface area contributed by atoms with Crippen molar-refractivity contribution in [3.63, 3.8) is 0 Å². The molecule has 6 heteroatoms. The fourth-order valence-electron chi connectivity index (χ4n) is 1.64. The minimum atomic E-state index is -0.127. The highest BCUT2D eigenvalue weighted by molar-refractivity contribution is 6.35. The first-order valence-corrected chi connectivity index (χ1v) is 7.02. The van der Waals surface area contributed by atoms with Crippen LogP contribution in [0.25, 0.3) is 0 Å². The Kier molecular flexibility index (Phi) is 6.11. The molecule has 0 aliphatic carbocycles. The predicted molar refractivity (Wildman–Crippen MR) is 82.4 cm³/mol. The smallest absolute Gasteiger partial charge is 0.260 e. The lowest BCUT2D eigenvalue weighted by atomic mass is 9.93. The minimum absolute atomic E-state index is 0.0709. The lowest BCUT2D eigenvalue weighted by Gasteiger charge is -2.29. The van der Waals surface area contributed by atoms with Gasteiger partial charge in [0.2, 0.25) is 0 Å². The third-order valence-electron chi connectivity index (χ3n) is 2.89. The van der Waals surface area contributed by atoms with Crippen molar-refractivity contribution < 1.29 is 9.53 Å². The molecule has 0 saturated carbocycles. The number of amides is 1. The van der Waals surface area contributed by atoms with E-state index in [4.69, 9.17) is 33.7 Å². The summed E-state index contributed by atoms with van der Waals surface area (Å²) in [5.41, 5.74) is 5.53. The van der Waals surface area contributed by atoms with E-state index in [1.54, 1.807) is 30.1 Å². The number of benzene rings is 1. The van der Waals surface area contributed by atoms with Crippen molar-refractivity contribution in [1.29, 1.82) is 0 Å². The number of carbonyl (C=O) groups is 1. The molecule has 1 aromatic carbocycles. The lowest BCUT2D eigenvalue weighted by molar-refractivity contribution is -0.133. The molecule has 0 fully saturated rings. The van der Waals surface area contributed by atoms with Gasteiger partial charge in [-0.15, -0.1) is 0 Å². The Labute approximate surface area is 129 Å². The number of rotatable bonds is 6. The number of halogens is 2. The Bertz CT molecular complexity index is 478. The SMILES string of the molecule is CN(CC(C)(C)CN)C(=O)COc1ccc(Cl)cc1Cl. The third kappa shape index (κ3) is 5.19. The van der Waals surface area contributed by atoms with Crippen LogP contribution in [0.1, 0.15) is 13.8 Å². The van der Waals surface area contributed by atoms with Crippen LogP contribution in [0.2, 0.25) is 10.0 Å². The van der Waals surface area contributed by atoms with Crippen molar-refractivity contribution in [1.82, 2.24) is 4.90 Å². The number of carbonyl (C=O) groups excluding carboxylic acids is 1. The number of likely N-dealkylation sites (N-methyl/N-ethyl adjacent to an activating group) is 1. The van der Waals surface area contributed by atoms with E-state index in [9.17, 15) is 4.79 Å². The van der Waals surface area contributed by atoms with E-state index in [-0.39, 0.29) is 17.9 Å². The van der Waals surface area contributed by atoms with Crippen molar-refractivity contribution in [2.24, 2.45) is 11.1 Å². The van der Waals surface area contributed by atoms with Gasteiger partial charge in [0.05, 0.1) is 5.02 Å². The summed E-state index contributed by atoms with van der Waals surface area (Å²) in [7, 11) is 1.73. The first-order valence-electron chi connectivity index (χ1n) is 6.27. The molecule has 0 unspecified atom stereocenters. The fourth-order valence-corrected chi connectivity index (χ4v) is 2.10. The molecule has 0 aromatic heterocycles. The van der Waals surface area contributed by atoms with E-state index < -0.39 is 0 Å². The minimum Gasteiger partial charge on any atom is -0.482 e. The summed E-state index contributed by atoms with van der Waals surface area (Å²) in [6.07, 6.45) is 0. The van der Waals surface area contributed by atoms with Gasteiger partial charge in [0.15, 0.2) is 6.61 Å². The molecule has 0 aliphatic rings. The molecule has 0 radical (unpaired) electrons. The second-order valence-corrected chi connectivity index (χ2v) is 6.33. The van der Waals surface area contributed by atoms with Gasteiger partial charge in [0.1, 0.15) is 5.75 Å². The molecule has 20 heavy (non-hydrogen) atoms. The summed E-state index contributed by atoms with van der Waals surface area (Å²) in [6, 6.07) is 4.88. The largest absolute Gasteiger partial charge is 0.482 e. The Morgan fingerprint density at radius 1 is 1.40 bits per heavy atom. The van der Waals surface area contributed by atoms with Gasteiger partial charge >= 0.3 is 0 Å². The number of nitrogens with two attached hydrogens (primary N) is 1. The van der Waals surface area contributed by atoms with Gasteiger partial charge in [-0.1, -0.05) is 37.0 Å². The van der Waals surface area contributed by atoms with Crippen molar-refractivity contribution in [2.45, 2.75) is 13.8 Å². The van der Waals surface area contributed by atoms with E-state index in [0.717, 1.165) is 0 Å². The Hall–Kier alpha value is -0.970. The second kappa shape index (κ2) is 7.16. The maximum Gasteiger partial charge on any atom is 0.260 e. The van der Waals surface area contributed by atoms with Crippen LogP contribution in [0.5, 0.6) is 5.75 Å². The molecule has 0 heterocycles. The average molecular weight is 319 g/mol. The maximum absolute atomic E-state index is 12.0. The number of hydrogen-bond donors (Lipinski definition) is 1. The lowest BCUT2D eigenvalue weighted by Crippen LogP contribution is -2.41. The molecule has 0 spiro atoms. The monoisotopic (exact) mass is 318 g/mol. The number of nitrogens with zero attached hydrogens (tertiary/aromatic N) is 1. The highest BCUT2D eigenvalue weighted by Gasteiger charge is 2.21. The van der Waals surface area contributed by atoms with Crippen LogP contribution in [0.3, 0.4) is 0 Å². The second-order valence-electron chi connectivity index (χ2n) is 5.48. The Balaban J connectivity index is 2.54. The van der Waals surface area contributed by atoms with Crippen molar-refractivity contribution in [2.75, 3.05) is 26.7 Å². The molecular formula is C14H20Cl2N2O2. The summed E-state index contributed by atoms with van der Waals surface area (Å²) in [6.45, 7) is 5.02. The molecule has 0 atom stereocenters. The van der Waals surface area contributed by atoms with Crippen LogP contribution >= 0.6 is 23.2 Å². The van der Waals surface area contributed by atoms with E-state index in [1.807, 2.05) is 13.8 Å². The summed E-state index contributed by atoms with van der Waals surface area (Å²) in [5, 5.41) is 0.908. The molecule has 0 aliphatic heterocycles. The quantitative estimate of drug-likeness (QED) is 0.877. The summed E-state index contributed by atoms with van der Waals surface area (Å²) >= 11 is 11.8. The average Bonchev–Trinajstić information content (AvgIpc) is 2.36. The van der Waals surface area contributed by atoms with Crippen LogP contribution in [-0.2, 0) is 4.79 Å². The van der Waals surface area contributed by atoms with Crippen molar-refractivity contribution in [3.8, 4) is 5.75 Å². The van der Waals surface area contributed by atoms with Gasteiger partial charge in [0, 0.05) is 18.6 Å². The van der Waals surface area contributed by atoms with Crippen LogP contribution in [0.4, 0.5) is 0 Å². The van der Waals surface area contributed by atoms with E-state index >= 15 is 0 Å². The zero-order chi connectivity index (χ0) is 15.3. The summed E-state index contributed by atoms with van der Waals surface area (Å²) < 4.78 is 5.41. The van der Waals surface area contributed by atoms with Crippen LogP contribution < -0.4 is 10.5 Å². The van der Waals surface area contributed by atoms with Crippen molar-refractivity contribution in [3.05, 3.63) is 28.2 Å². The molecule has 2 N–H and O–H groups in total. The molecule has 1 amide bonds. The maximum atomic E-state index is 12.0. The highest BCUT2D eigenvalue weighted by atomic mass is 35.5. The third-order valence-corrected chi connectivity index (χ3v) is 3.42.